The molecule has 0 radical (unpaired) electrons. The lowest BCUT2D eigenvalue weighted by Gasteiger charge is -2.53. The van der Waals surface area contributed by atoms with E-state index in [-0.39, 0.29) is 46.3 Å². The average molecular weight is 507 g/mol. The van der Waals surface area contributed by atoms with Crippen molar-refractivity contribution in [1.82, 2.24) is 14.8 Å². The maximum atomic E-state index is 13.2. The van der Waals surface area contributed by atoms with Crippen molar-refractivity contribution in [1.29, 1.82) is 0 Å². The minimum atomic E-state index is -0.557. The van der Waals surface area contributed by atoms with Gasteiger partial charge in [0.05, 0.1) is 11.8 Å². The van der Waals surface area contributed by atoms with Crippen LogP contribution in [0.5, 0.6) is 0 Å². The topological polar surface area (TPSA) is 85.8 Å². The monoisotopic (exact) mass is 506 g/mol. The lowest BCUT2D eigenvalue weighted by Crippen LogP contribution is -2.53. The molecule has 8 heteroatoms. The minimum absolute atomic E-state index is 0.00861. The maximum absolute atomic E-state index is 13.2. The van der Waals surface area contributed by atoms with Gasteiger partial charge in [-0.1, -0.05) is 41.5 Å². The molecule has 198 valence electrons. The van der Waals surface area contributed by atoms with Crippen LogP contribution in [0, 0.1) is 28.6 Å². The van der Waals surface area contributed by atoms with Crippen LogP contribution >= 0.6 is 11.3 Å². The first kappa shape index (κ1) is 28.1. The molecule has 7 nitrogen and oxygen atoms in total. The van der Waals surface area contributed by atoms with Crippen LogP contribution in [-0.2, 0) is 16.0 Å². The van der Waals surface area contributed by atoms with Crippen LogP contribution in [0.4, 0.5) is 5.13 Å². The van der Waals surface area contributed by atoms with Crippen molar-refractivity contribution < 1.29 is 14.7 Å². The number of anilines is 1. The molecular weight excluding hydrogens is 460 g/mol. The third-order valence-corrected chi connectivity index (χ3v) is 9.14. The van der Waals surface area contributed by atoms with Gasteiger partial charge in [0, 0.05) is 43.3 Å². The van der Waals surface area contributed by atoms with Gasteiger partial charge in [-0.2, -0.15) is 0 Å². The van der Waals surface area contributed by atoms with E-state index in [1.165, 1.54) is 4.88 Å². The van der Waals surface area contributed by atoms with Gasteiger partial charge in [-0.05, 0) is 56.0 Å². The fourth-order valence-corrected chi connectivity index (χ4v) is 7.52. The van der Waals surface area contributed by atoms with E-state index in [0.29, 0.717) is 18.1 Å². The minimum Gasteiger partial charge on any atom is -0.392 e. The number of rotatable bonds is 7. The molecule has 2 amide bonds. The molecule has 1 saturated carbocycles. The highest BCUT2D eigenvalue weighted by atomic mass is 32.1. The predicted octanol–water partition coefficient (Wildman–Crippen LogP) is 4.23. The van der Waals surface area contributed by atoms with Crippen molar-refractivity contribution in [2.24, 2.45) is 28.6 Å². The number of aliphatic hydroxyl groups excluding tert-OH is 1. The largest absolute Gasteiger partial charge is 0.392 e. The predicted molar refractivity (Wildman–Crippen MR) is 143 cm³/mol. The molecule has 1 aromatic rings. The number of aromatic nitrogens is 1. The highest BCUT2D eigenvalue weighted by molar-refractivity contribution is 7.15. The summed E-state index contributed by atoms with van der Waals surface area (Å²) in [6.07, 6.45) is 2.57. The van der Waals surface area contributed by atoms with Gasteiger partial charge in [-0.25, -0.2) is 4.98 Å². The van der Waals surface area contributed by atoms with Crippen LogP contribution in [-0.4, -0.2) is 72.0 Å². The molecule has 0 bridgehead atoms. The number of carbonyl (C=O) groups excluding carboxylic acids is 2. The third kappa shape index (κ3) is 6.25. The zero-order chi connectivity index (χ0) is 26.3. The zero-order valence-electron chi connectivity index (χ0n) is 23.1. The molecule has 6 atom stereocenters. The number of amides is 2. The molecule has 35 heavy (non-hydrogen) atoms. The third-order valence-electron chi connectivity index (χ3n) is 8.15. The highest BCUT2D eigenvalue weighted by Crippen LogP contribution is 2.57. The summed E-state index contributed by atoms with van der Waals surface area (Å²) in [6, 6.07) is 0. The zero-order valence-corrected chi connectivity index (χ0v) is 24.0. The van der Waals surface area contributed by atoms with Crippen LogP contribution in [0.25, 0.3) is 0 Å². The standard InChI is InChI=1S/C27H46N4O3S/c1-16(24(34)31(9)13-12-30(7)8)18-10-11-27(6)14-19-22(17(2)21(27)23(18)33)29-25(35-19)28-20(32)15-26(3,4)5/h16-18,21,23,33H,10-15H2,1-9H3,(H,28,29,32). The van der Waals surface area contributed by atoms with Crippen LogP contribution in [0.15, 0.2) is 0 Å². The SMILES string of the molecule is CC(C(=O)N(C)CCN(C)C)C1CCC2(C)Cc3sc(NC(=O)CC(C)(C)C)nc3C(C)C2C1O. The molecule has 1 heterocycles. The summed E-state index contributed by atoms with van der Waals surface area (Å²) in [6.45, 7) is 14.1. The fraction of sp³-hybridized carbons (Fsp3) is 0.815. The quantitative estimate of drug-likeness (QED) is 0.578. The maximum Gasteiger partial charge on any atom is 0.226 e. The van der Waals surface area contributed by atoms with Crippen LogP contribution < -0.4 is 5.32 Å². The van der Waals surface area contributed by atoms with E-state index in [0.717, 1.165) is 31.5 Å². The lowest BCUT2D eigenvalue weighted by molar-refractivity contribution is -0.143. The number of nitrogens with zero attached hydrogens (tertiary/aromatic N) is 3. The Morgan fingerprint density at radius 1 is 1.26 bits per heavy atom. The Morgan fingerprint density at radius 2 is 1.91 bits per heavy atom. The number of aliphatic hydroxyl groups is 1. The van der Waals surface area contributed by atoms with Gasteiger partial charge in [-0.15, -0.1) is 11.3 Å². The van der Waals surface area contributed by atoms with Crippen LogP contribution in [0.2, 0.25) is 0 Å². The number of carbonyl (C=O) groups is 2. The Bertz CT molecular complexity index is 924. The first-order valence-electron chi connectivity index (χ1n) is 13.0. The van der Waals surface area contributed by atoms with Gasteiger partial charge in [0.1, 0.15) is 0 Å². The van der Waals surface area contributed by atoms with Gasteiger partial charge in [-0.3, -0.25) is 9.59 Å². The Morgan fingerprint density at radius 3 is 2.51 bits per heavy atom. The molecule has 0 spiro atoms. The van der Waals surface area contributed by atoms with E-state index < -0.39 is 6.10 Å². The van der Waals surface area contributed by atoms with Crippen molar-refractivity contribution in [3.8, 4) is 0 Å². The highest BCUT2D eigenvalue weighted by Gasteiger charge is 2.54. The second kappa shape index (κ2) is 10.5. The Kier molecular flexibility index (Phi) is 8.39. The summed E-state index contributed by atoms with van der Waals surface area (Å²) in [4.78, 5) is 35.6. The molecule has 1 aromatic heterocycles. The summed E-state index contributed by atoms with van der Waals surface area (Å²) in [5.74, 6) is -0.0722. The van der Waals surface area contributed by atoms with Crippen molar-refractivity contribution in [3.05, 3.63) is 10.6 Å². The molecule has 2 aliphatic carbocycles. The number of thiazole rings is 1. The number of hydrogen-bond acceptors (Lipinski definition) is 6. The second-order valence-corrected chi connectivity index (χ2v) is 13.9. The van der Waals surface area contributed by atoms with Crippen LogP contribution in [0.3, 0.4) is 0 Å². The molecule has 2 N–H and O–H groups in total. The van der Waals surface area contributed by atoms with Gasteiger partial charge in [0.25, 0.3) is 0 Å². The molecule has 1 fully saturated rings. The van der Waals surface area contributed by atoms with E-state index in [4.69, 9.17) is 4.98 Å². The molecule has 0 aromatic carbocycles. The number of nitrogens with one attached hydrogen (secondary N) is 1. The van der Waals surface area contributed by atoms with Crippen molar-refractivity contribution in [3.63, 3.8) is 0 Å². The molecule has 6 unspecified atom stereocenters. The van der Waals surface area contributed by atoms with Crippen molar-refractivity contribution >= 4 is 28.3 Å². The Hall–Kier alpha value is -1.51. The Balaban J connectivity index is 1.76. The summed E-state index contributed by atoms with van der Waals surface area (Å²) in [7, 11) is 5.88. The van der Waals surface area contributed by atoms with E-state index in [2.05, 4.69) is 44.8 Å². The van der Waals surface area contributed by atoms with Crippen LogP contribution in [0.1, 0.15) is 77.3 Å². The number of likely N-dealkylation sites (N-methyl/N-ethyl adjacent to an activating group) is 2. The summed E-state index contributed by atoms with van der Waals surface area (Å²) >= 11 is 1.58. The second-order valence-electron chi connectivity index (χ2n) is 12.8. The van der Waals surface area contributed by atoms with Gasteiger partial charge in [0.2, 0.25) is 11.8 Å². The fourth-order valence-electron chi connectivity index (χ4n) is 6.24. The number of fused-ring (bicyclic) bond motifs is 2. The van der Waals surface area contributed by atoms with Crippen molar-refractivity contribution in [2.45, 2.75) is 79.2 Å². The summed E-state index contributed by atoms with van der Waals surface area (Å²) in [5, 5.41) is 15.3. The van der Waals surface area contributed by atoms with E-state index in [1.807, 2.05) is 28.1 Å². The van der Waals surface area contributed by atoms with Gasteiger partial charge < -0.3 is 20.2 Å². The molecule has 3 rings (SSSR count). The molecule has 2 aliphatic rings. The Labute approximate surface area is 215 Å². The smallest absolute Gasteiger partial charge is 0.226 e. The molecule has 0 saturated heterocycles. The summed E-state index contributed by atoms with van der Waals surface area (Å²) in [5.41, 5.74) is 0.885. The first-order chi connectivity index (χ1) is 16.1. The van der Waals surface area contributed by atoms with Crippen molar-refractivity contribution in [2.75, 3.05) is 39.5 Å². The number of hydrogen-bond donors (Lipinski definition) is 2. The summed E-state index contributed by atoms with van der Waals surface area (Å²) < 4.78 is 0. The van der Waals surface area contributed by atoms with Gasteiger partial charge in [0.15, 0.2) is 5.13 Å². The van der Waals surface area contributed by atoms with E-state index in [1.54, 1.807) is 16.2 Å². The van der Waals surface area contributed by atoms with E-state index >= 15 is 0 Å². The first-order valence-corrected chi connectivity index (χ1v) is 13.8. The normalized spacial score (nSPS) is 29.3. The van der Waals surface area contributed by atoms with E-state index in [9.17, 15) is 14.7 Å². The lowest BCUT2D eigenvalue weighted by atomic mass is 9.53. The average Bonchev–Trinajstić information content (AvgIpc) is 3.11. The van der Waals surface area contributed by atoms with Gasteiger partial charge >= 0.3 is 0 Å². The molecular formula is C27H46N4O3S. The molecule has 0 aliphatic heterocycles.